The van der Waals surface area contributed by atoms with Gasteiger partial charge in [-0.05, 0) is 35.9 Å². The van der Waals surface area contributed by atoms with Crippen LogP contribution in [0, 0.1) is 0 Å². The second-order valence-electron chi connectivity index (χ2n) is 5.42. The standard InChI is InChI=1S/C19H14ClNO6/c20-14-8-12(9-15-18(14)27-11-26-15)6-7-17(23)25-10-16(22)21-19(24)13-4-2-1-3-5-13/h1-9H,10-11H2,(H,21,22,24)/b7-6+. The third-order valence-corrected chi connectivity index (χ3v) is 3.78. The van der Waals surface area contributed by atoms with Gasteiger partial charge in [0, 0.05) is 11.6 Å². The molecule has 1 heterocycles. The Morgan fingerprint density at radius 2 is 1.93 bits per heavy atom. The maximum Gasteiger partial charge on any atom is 0.331 e. The zero-order valence-electron chi connectivity index (χ0n) is 13.9. The van der Waals surface area contributed by atoms with E-state index in [1.165, 1.54) is 6.08 Å². The maximum atomic E-state index is 11.8. The maximum absolute atomic E-state index is 11.8. The summed E-state index contributed by atoms with van der Waals surface area (Å²) < 4.78 is 15.2. The largest absolute Gasteiger partial charge is 0.454 e. The van der Waals surface area contributed by atoms with E-state index in [0.29, 0.717) is 27.6 Å². The van der Waals surface area contributed by atoms with E-state index in [0.717, 1.165) is 6.08 Å². The number of halogens is 1. The Balaban J connectivity index is 1.49. The smallest absolute Gasteiger partial charge is 0.331 e. The number of ether oxygens (including phenoxy) is 3. The summed E-state index contributed by atoms with van der Waals surface area (Å²) in [7, 11) is 0. The average Bonchev–Trinajstić information content (AvgIpc) is 3.14. The molecule has 1 aliphatic heterocycles. The summed E-state index contributed by atoms with van der Waals surface area (Å²) in [5.41, 5.74) is 0.932. The average molecular weight is 388 g/mol. The molecule has 1 aliphatic rings. The van der Waals surface area contributed by atoms with Gasteiger partial charge >= 0.3 is 5.97 Å². The van der Waals surface area contributed by atoms with Gasteiger partial charge in [-0.1, -0.05) is 29.8 Å². The fraction of sp³-hybridized carbons (Fsp3) is 0.105. The number of imide groups is 1. The molecule has 2 aromatic carbocycles. The third-order valence-electron chi connectivity index (χ3n) is 3.50. The molecule has 0 aromatic heterocycles. The Hall–Kier alpha value is -3.32. The molecule has 3 rings (SSSR count). The van der Waals surface area contributed by atoms with Crippen LogP contribution in [0.3, 0.4) is 0 Å². The fourth-order valence-corrected chi connectivity index (χ4v) is 2.53. The van der Waals surface area contributed by atoms with Crippen LogP contribution in [0.1, 0.15) is 15.9 Å². The molecule has 0 unspecified atom stereocenters. The molecule has 27 heavy (non-hydrogen) atoms. The molecule has 8 heteroatoms. The predicted molar refractivity (Wildman–Crippen MR) is 96.5 cm³/mol. The number of hydrogen-bond donors (Lipinski definition) is 1. The topological polar surface area (TPSA) is 90.9 Å². The van der Waals surface area contributed by atoms with E-state index in [2.05, 4.69) is 5.32 Å². The van der Waals surface area contributed by atoms with E-state index in [1.54, 1.807) is 42.5 Å². The van der Waals surface area contributed by atoms with Crippen molar-refractivity contribution in [3.05, 3.63) is 64.7 Å². The van der Waals surface area contributed by atoms with Crippen molar-refractivity contribution in [2.75, 3.05) is 13.4 Å². The molecule has 0 aliphatic carbocycles. The minimum atomic E-state index is -0.744. The van der Waals surface area contributed by atoms with Gasteiger partial charge in [-0.2, -0.15) is 0 Å². The monoisotopic (exact) mass is 387 g/mol. The van der Waals surface area contributed by atoms with Crippen molar-refractivity contribution >= 4 is 35.5 Å². The van der Waals surface area contributed by atoms with E-state index in [9.17, 15) is 14.4 Å². The van der Waals surface area contributed by atoms with Crippen molar-refractivity contribution in [2.45, 2.75) is 0 Å². The van der Waals surface area contributed by atoms with E-state index < -0.39 is 24.4 Å². The van der Waals surface area contributed by atoms with E-state index in [4.69, 9.17) is 25.8 Å². The number of carbonyl (C=O) groups is 3. The number of fused-ring (bicyclic) bond motifs is 1. The minimum absolute atomic E-state index is 0.0844. The lowest BCUT2D eigenvalue weighted by Gasteiger charge is -2.04. The van der Waals surface area contributed by atoms with Crippen molar-refractivity contribution in [1.29, 1.82) is 0 Å². The molecule has 0 atom stereocenters. The molecule has 0 spiro atoms. The molecular formula is C19H14ClNO6. The van der Waals surface area contributed by atoms with E-state index in [1.807, 2.05) is 0 Å². The second-order valence-corrected chi connectivity index (χ2v) is 5.83. The van der Waals surface area contributed by atoms with E-state index in [-0.39, 0.29) is 6.79 Å². The summed E-state index contributed by atoms with van der Waals surface area (Å²) in [4.78, 5) is 35.2. The first-order chi connectivity index (χ1) is 13.0. The van der Waals surface area contributed by atoms with Crippen molar-refractivity contribution < 1.29 is 28.6 Å². The first-order valence-electron chi connectivity index (χ1n) is 7.86. The van der Waals surface area contributed by atoms with Crippen LogP contribution < -0.4 is 14.8 Å². The quantitative estimate of drug-likeness (QED) is 0.626. The number of hydrogen-bond acceptors (Lipinski definition) is 6. The molecule has 0 fully saturated rings. The van der Waals surface area contributed by atoms with Crippen LogP contribution in [0.5, 0.6) is 11.5 Å². The molecule has 0 saturated carbocycles. The van der Waals surface area contributed by atoms with Crippen LogP contribution in [0.15, 0.2) is 48.5 Å². The zero-order chi connectivity index (χ0) is 19.2. The third kappa shape index (κ3) is 4.86. The Morgan fingerprint density at radius 3 is 2.70 bits per heavy atom. The number of rotatable bonds is 5. The first-order valence-corrected chi connectivity index (χ1v) is 8.24. The zero-order valence-corrected chi connectivity index (χ0v) is 14.7. The van der Waals surface area contributed by atoms with Gasteiger partial charge in [0.25, 0.3) is 11.8 Å². The van der Waals surface area contributed by atoms with Gasteiger partial charge in [0.1, 0.15) is 0 Å². The van der Waals surface area contributed by atoms with Crippen molar-refractivity contribution in [2.24, 2.45) is 0 Å². The van der Waals surface area contributed by atoms with Crippen LogP contribution in [0.4, 0.5) is 0 Å². The molecule has 1 N–H and O–H groups in total. The second kappa shape index (κ2) is 8.37. The highest BCUT2D eigenvalue weighted by Crippen LogP contribution is 2.40. The molecule has 7 nitrogen and oxygen atoms in total. The molecule has 2 aromatic rings. The molecule has 2 amide bonds. The molecule has 0 radical (unpaired) electrons. The Bertz CT molecular complexity index is 910. The van der Waals surface area contributed by atoms with Gasteiger partial charge < -0.3 is 14.2 Å². The Labute approximate surface area is 159 Å². The SMILES string of the molecule is O=C(COC(=O)/C=C/c1cc(Cl)c2c(c1)OCO2)NC(=O)c1ccccc1. The van der Waals surface area contributed by atoms with Crippen LogP contribution in [-0.4, -0.2) is 31.2 Å². The van der Waals surface area contributed by atoms with Gasteiger partial charge in [0.15, 0.2) is 18.1 Å². The van der Waals surface area contributed by atoms with E-state index >= 15 is 0 Å². The lowest BCUT2D eigenvalue weighted by molar-refractivity contribution is -0.143. The van der Waals surface area contributed by atoms with Gasteiger partial charge in [-0.3, -0.25) is 14.9 Å². The normalized spacial score (nSPS) is 12.0. The summed E-state index contributed by atoms with van der Waals surface area (Å²) in [6, 6.07) is 11.5. The number of carbonyl (C=O) groups excluding carboxylic acids is 3. The fourth-order valence-electron chi connectivity index (χ4n) is 2.26. The van der Waals surface area contributed by atoms with Crippen LogP contribution in [-0.2, 0) is 14.3 Å². The summed E-state index contributed by atoms with van der Waals surface area (Å²) in [5, 5.41) is 2.49. The van der Waals surface area contributed by atoms with Gasteiger partial charge in [0.2, 0.25) is 6.79 Å². The molecule has 0 saturated heterocycles. The van der Waals surface area contributed by atoms with Crippen molar-refractivity contribution in [3.63, 3.8) is 0 Å². The lowest BCUT2D eigenvalue weighted by Crippen LogP contribution is -2.33. The van der Waals surface area contributed by atoms with Crippen LogP contribution in [0.25, 0.3) is 6.08 Å². The highest BCUT2D eigenvalue weighted by atomic mass is 35.5. The highest BCUT2D eigenvalue weighted by Gasteiger charge is 2.17. The first kappa shape index (κ1) is 18.5. The van der Waals surface area contributed by atoms with Crippen LogP contribution >= 0.6 is 11.6 Å². The van der Waals surface area contributed by atoms with Crippen molar-refractivity contribution in [3.8, 4) is 11.5 Å². The Kier molecular flexibility index (Phi) is 5.73. The van der Waals surface area contributed by atoms with Gasteiger partial charge in [-0.25, -0.2) is 4.79 Å². The lowest BCUT2D eigenvalue weighted by atomic mass is 10.2. The highest BCUT2D eigenvalue weighted by molar-refractivity contribution is 6.32. The predicted octanol–water partition coefficient (Wildman–Crippen LogP) is 2.58. The van der Waals surface area contributed by atoms with Crippen LogP contribution in [0.2, 0.25) is 5.02 Å². The number of nitrogens with one attached hydrogen (secondary N) is 1. The summed E-state index contributed by atoms with van der Waals surface area (Å²) in [5.74, 6) is -1.10. The summed E-state index contributed by atoms with van der Waals surface area (Å²) in [6.45, 7) is -0.495. The van der Waals surface area contributed by atoms with Gasteiger partial charge in [-0.15, -0.1) is 0 Å². The molecular weight excluding hydrogens is 374 g/mol. The van der Waals surface area contributed by atoms with Crippen molar-refractivity contribution in [1.82, 2.24) is 5.32 Å². The minimum Gasteiger partial charge on any atom is -0.454 e. The summed E-state index contributed by atoms with van der Waals surface area (Å²) >= 11 is 6.05. The number of benzene rings is 2. The Morgan fingerprint density at radius 1 is 1.15 bits per heavy atom. The number of amides is 2. The van der Waals surface area contributed by atoms with Gasteiger partial charge in [0.05, 0.1) is 5.02 Å². The summed E-state index contributed by atoms with van der Waals surface area (Å²) in [6.07, 6.45) is 2.60. The molecule has 138 valence electrons. The molecule has 0 bridgehead atoms. The number of esters is 1.